The second-order valence-electron chi connectivity index (χ2n) is 5.14. The number of aliphatic imine (C=N–C) groups is 1. The van der Waals surface area contributed by atoms with Gasteiger partial charge in [-0.2, -0.15) is 0 Å². The van der Waals surface area contributed by atoms with Gasteiger partial charge in [-0.05, 0) is 44.4 Å². The van der Waals surface area contributed by atoms with Crippen molar-refractivity contribution in [3.8, 4) is 0 Å². The maximum Gasteiger partial charge on any atom is 0.191 e. The van der Waals surface area contributed by atoms with E-state index in [1.54, 1.807) is 0 Å². The molecule has 0 bridgehead atoms. The van der Waals surface area contributed by atoms with E-state index in [4.69, 9.17) is 5.73 Å². The fourth-order valence-corrected chi connectivity index (χ4v) is 2.79. The Morgan fingerprint density at radius 3 is 2.58 bits per heavy atom. The van der Waals surface area contributed by atoms with Gasteiger partial charge in [0.1, 0.15) is 0 Å². The predicted molar refractivity (Wildman–Crippen MR) is 84.5 cm³/mol. The number of halogens is 1. The second-order valence-corrected chi connectivity index (χ2v) is 6.05. The molecule has 1 saturated carbocycles. The van der Waals surface area contributed by atoms with Gasteiger partial charge in [0.05, 0.1) is 6.54 Å². The lowest BCUT2D eigenvalue weighted by atomic mass is 9.96. The summed E-state index contributed by atoms with van der Waals surface area (Å²) in [7, 11) is 0. The highest BCUT2D eigenvalue weighted by atomic mass is 79.9. The smallest absolute Gasteiger partial charge is 0.191 e. The molecule has 0 unspecified atom stereocenters. The number of nitrogens with zero attached hydrogens (tertiary/aromatic N) is 2. The normalized spacial score (nSPS) is 17.3. The van der Waals surface area contributed by atoms with E-state index in [0.29, 0.717) is 5.96 Å². The van der Waals surface area contributed by atoms with Crippen molar-refractivity contribution in [1.29, 1.82) is 0 Å². The lowest BCUT2D eigenvalue weighted by molar-refractivity contribution is 0.456. The first-order valence-corrected chi connectivity index (χ1v) is 7.71. The van der Waals surface area contributed by atoms with Crippen molar-refractivity contribution in [2.45, 2.75) is 32.1 Å². The SMILES string of the molecule is CCN(CC)C(N)=NCC1(c2cccc(Br)c2)CC1. The van der Waals surface area contributed by atoms with Crippen LogP contribution in [0.15, 0.2) is 33.7 Å². The van der Waals surface area contributed by atoms with Gasteiger partial charge >= 0.3 is 0 Å². The van der Waals surface area contributed by atoms with Crippen LogP contribution in [0.4, 0.5) is 0 Å². The molecule has 104 valence electrons. The van der Waals surface area contributed by atoms with E-state index in [2.05, 4.69) is 63.9 Å². The number of hydrogen-bond donors (Lipinski definition) is 1. The number of benzene rings is 1. The number of rotatable bonds is 5. The van der Waals surface area contributed by atoms with Gasteiger partial charge < -0.3 is 10.6 Å². The van der Waals surface area contributed by atoms with Crippen molar-refractivity contribution in [1.82, 2.24) is 4.90 Å². The summed E-state index contributed by atoms with van der Waals surface area (Å²) < 4.78 is 1.14. The van der Waals surface area contributed by atoms with Gasteiger partial charge in [-0.15, -0.1) is 0 Å². The molecule has 4 heteroatoms. The van der Waals surface area contributed by atoms with Crippen molar-refractivity contribution in [2.24, 2.45) is 10.7 Å². The van der Waals surface area contributed by atoms with Gasteiger partial charge in [-0.1, -0.05) is 28.1 Å². The summed E-state index contributed by atoms with van der Waals surface area (Å²) in [5, 5.41) is 0. The number of nitrogens with two attached hydrogens (primary N) is 1. The molecule has 1 fully saturated rings. The van der Waals surface area contributed by atoms with Gasteiger partial charge in [0, 0.05) is 23.0 Å². The Labute approximate surface area is 124 Å². The zero-order valence-corrected chi connectivity index (χ0v) is 13.3. The maximum absolute atomic E-state index is 6.05. The third kappa shape index (κ3) is 3.30. The molecule has 0 amide bonds. The van der Waals surface area contributed by atoms with Crippen LogP contribution in [0, 0.1) is 0 Å². The Hall–Kier alpha value is -1.03. The van der Waals surface area contributed by atoms with Crippen molar-refractivity contribution in [3.63, 3.8) is 0 Å². The molecule has 0 atom stereocenters. The van der Waals surface area contributed by atoms with Crippen LogP contribution in [0.5, 0.6) is 0 Å². The van der Waals surface area contributed by atoms with Gasteiger partial charge in [-0.3, -0.25) is 4.99 Å². The van der Waals surface area contributed by atoms with E-state index in [0.717, 1.165) is 24.1 Å². The van der Waals surface area contributed by atoms with E-state index < -0.39 is 0 Å². The fourth-order valence-electron chi connectivity index (χ4n) is 2.39. The zero-order chi connectivity index (χ0) is 13.9. The topological polar surface area (TPSA) is 41.6 Å². The van der Waals surface area contributed by atoms with E-state index >= 15 is 0 Å². The molecule has 0 aliphatic heterocycles. The minimum atomic E-state index is 0.224. The molecule has 0 saturated heterocycles. The Balaban J connectivity index is 2.09. The molecule has 0 spiro atoms. The van der Waals surface area contributed by atoms with Crippen LogP contribution < -0.4 is 5.73 Å². The molecule has 2 N–H and O–H groups in total. The quantitative estimate of drug-likeness (QED) is 0.668. The zero-order valence-electron chi connectivity index (χ0n) is 11.7. The molecule has 0 heterocycles. The first kappa shape index (κ1) is 14.4. The summed E-state index contributed by atoms with van der Waals surface area (Å²) in [5.41, 5.74) is 7.65. The van der Waals surface area contributed by atoms with Gasteiger partial charge in [0.15, 0.2) is 5.96 Å². The second kappa shape index (κ2) is 5.95. The Bertz CT molecular complexity index is 462. The summed E-state index contributed by atoms with van der Waals surface area (Å²) in [6, 6.07) is 8.56. The first-order valence-electron chi connectivity index (χ1n) is 6.92. The fraction of sp³-hybridized carbons (Fsp3) is 0.533. The lowest BCUT2D eigenvalue weighted by Crippen LogP contribution is -2.37. The van der Waals surface area contributed by atoms with E-state index in [1.165, 1.54) is 18.4 Å². The number of guanidine groups is 1. The largest absolute Gasteiger partial charge is 0.370 e. The third-order valence-electron chi connectivity index (χ3n) is 3.92. The summed E-state index contributed by atoms with van der Waals surface area (Å²) in [4.78, 5) is 6.71. The van der Waals surface area contributed by atoms with E-state index in [1.807, 2.05) is 0 Å². The minimum absolute atomic E-state index is 0.224. The monoisotopic (exact) mass is 323 g/mol. The molecular weight excluding hydrogens is 302 g/mol. The predicted octanol–water partition coefficient (Wildman–Crippen LogP) is 3.14. The molecule has 1 aliphatic carbocycles. The molecular formula is C15H22BrN3. The Kier molecular flexibility index (Phi) is 4.50. The van der Waals surface area contributed by atoms with Crippen LogP contribution in [0.25, 0.3) is 0 Å². The summed E-state index contributed by atoms with van der Waals surface area (Å²) in [6.45, 7) is 6.83. The summed E-state index contributed by atoms with van der Waals surface area (Å²) in [6.07, 6.45) is 2.41. The number of hydrogen-bond acceptors (Lipinski definition) is 1. The van der Waals surface area contributed by atoms with Crippen LogP contribution >= 0.6 is 15.9 Å². The highest BCUT2D eigenvalue weighted by molar-refractivity contribution is 9.10. The average Bonchev–Trinajstić information content (AvgIpc) is 3.19. The van der Waals surface area contributed by atoms with Crippen LogP contribution in [0.1, 0.15) is 32.3 Å². The highest BCUT2D eigenvalue weighted by Gasteiger charge is 2.44. The van der Waals surface area contributed by atoms with Crippen LogP contribution in [0.2, 0.25) is 0 Å². The minimum Gasteiger partial charge on any atom is -0.370 e. The van der Waals surface area contributed by atoms with Crippen LogP contribution in [-0.2, 0) is 5.41 Å². The molecule has 2 rings (SSSR count). The van der Waals surface area contributed by atoms with Gasteiger partial charge in [0.25, 0.3) is 0 Å². The average molecular weight is 324 g/mol. The molecule has 0 aromatic heterocycles. The van der Waals surface area contributed by atoms with Crippen LogP contribution in [-0.4, -0.2) is 30.5 Å². The van der Waals surface area contributed by atoms with Crippen molar-refractivity contribution in [3.05, 3.63) is 34.3 Å². The Morgan fingerprint density at radius 2 is 2.05 bits per heavy atom. The Morgan fingerprint density at radius 1 is 1.37 bits per heavy atom. The van der Waals surface area contributed by atoms with E-state index in [-0.39, 0.29) is 5.41 Å². The van der Waals surface area contributed by atoms with E-state index in [9.17, 15) is 0 Å². The van der Waals surface area contributed by atoms with Gasteiger partial charge in [-0.25, -0.2) is 0 Å². The van der Waals surface area contributed by atoms with Crippen LogP contribution in [0.3, 0.4) is 0 Å². The van der Waals surface area contributed by atoms with Gasteiger partial charge in [0.2, 0.25) is 0 Å². The molecule has 1 aromatic carbocycles. The molecule has 3 nitrogen and oxygen atoms in total. The van der Waals surface area contributed by atoms with Crippen molar-refractivity contribution >= 4 is 21.9 Å². The maximum atomic E-state index is 6.05. The standard InChI is InChI=1S/C15H22BrN3/c1-3-19(4-2)14(17)18-11-15(8-9-15)12-6-5-7-13(16)10-12/h5-7,10H,3-4,8-9,11H2,1-2H3,(H2,17,18). The highest BCUT2D eigenvalue weighted by Crippen LogP contribution is 2.48. The third-order valence-corrected chi connectivity index (χ3v) is 4.41. The van der Waals surface area contributed by atoms with Crippen molar-refractivity contribution in [2.75, 3.05) is 19.6 Å². The lowest BCUT2D eigenvalue weighted by Gasteiger charge is -2.21. The molecule has 1 aromatic rings. The van der Waals surface area contributed by atoms with Crippen molar-refractivity contribution < 1.29 is 0 Å². The molecule has 1 aliphatic rings. The summed E-state index contributed by atoms with van der Waals surface area (Å²) >= 11 is 3.54. The summed E-state index contributed by atoms with van der Waals surface area (Å²) in [5.74, 6) is 0.672. The molecule has 19 heavy (non-hydrogen) atoms. The first-order chi connectivity index (χ1) is 9.11. The molecule has 0 radical (unpaired) electrons.